The van der Waals surface area contributed by atoms with Gasteiger partial charge in [-0.25, -0.2) is 0 Å². The number of aromatic nitrogens is 4. The third-order valence-corrected chi connectivity index (χ3v) is 3.57. The molecule has 1 saturated carbocycles. The second kappa shape index (κ2) is 4.73. The number of hydrogen-bond donors (Lipinski definition) is 1. The Morgan fingerprint density at radius 1 is 1.45 bits per heavy atom. The van der Waals surface area contributed by atoms with Gasteiger partial charge in [0.05, 0.1) is 12.1 Å². The number of aliphatic carboxylic acids is 1. The molecule has 20 heavy (non-hydrogen) atoms. The van der Waals surface area contributed by atoms with E-state index in [0.29, 0.717) is 18.4 Å². The van der Waals surface area contributed by atoms with Crippen LogP contribution in [0.1, 0.15) is 47.4 Å². The van der Waals surface area contributed by atoms with Crippen LogP contribution in [0.15, 0.2) is 4.52 Å². The summed E-state index contributed by atoms with van der Waals surface area (Å²) in [5.41, 5.74) is 2.31. The van der Waals surface area contributed by atoms with Crippen LogP contribution in [0.3, 0.4) is 0 Å². The van der Waals surface area contributed by atoms with E-state index in [1.165, 1.54) is 0 Å². The highest BCUT2D eigenvalue weighted by molar-refractivity contribution is 5.70. The first-order chi connectivity index (χ1) is 9.54. The fraction of sp³-hybridized carbons (Fsp3) is 0.538. The van der Waals surface area contributed by atoms with Crippen LogP contribution in [-0.2, 0) is 17.8 Å². The van der Waals surface area contributed by atoms with Crippen LogP contribution in [0, 0.1) is 13.8 Å². The van der Waals surface area contributed by atoms with Crippen LogP contribution in [0.5, 0.6) is 0 Å². The van der Waals surface area contributed by atoms with Crippen LogP contribution in [0.2, 0.25) is 0 Å². The van der Waals surface area contributed by atoms with Crippen molar-refractivity contribution in [2.45, 2.75) is 45.6 Å². The summed E-state index contributed by atoms with van der Waals surface area (Å²) in [5.74, 6) is 0.881. The molecule has 7 nitrogen and oxygen atoms in total. The predicted molar refractivity (Wildman–Crippen MR) is 68.4 cm³/mol. The fourth-order valence-electron chi connectivity index (χ4n) is 2.26. The molecule has 0 atom stereocenters. The minimum absolute atomic E-state index is 0.0190. The summed E-state index contributed by atoms with van der Waals surface area (Å²) in [5, 5.41) is 17.2. The van der Waals surface area contributed by atoms with Crippen molar-refractivity contribution in [3.8, 4) is 0 Å². The summed E-state index contributed by atoms with van der Waals surface area (Å²) in [6, 6.07) is 0. The molecule has 0 radical (unpaired) electrons. The minimum atomic E-state index is -0.857. The lowest BCUT2D eigenvalue weighted by Gasteiger charge is -2.01. The van der Waals surface area contributed by atoms with Gasteiger partial charge in [0.2, 0.25) is 5.89 Å². The average molecular weight is 276 g/mol. The smallest absolute Gasteiger partial charge is 0.307 e. The van der Waals surface area contributed by atoms with Gasteiger partial charge in [0, 0.05) is 17.2 Å². The summed E-state index contributed by atoms with van der Waals surface area (Å²) < 4.78 is 6.94. The van der Waals surface area contributed by atoms with Gasteiger partial charge in [0.1, 0.15) is 6.54 Å². The number of carbonyl (C=O) groups is 1. The van der Waals surface area contributed by atoms with Gasteiger partial charge < -0.3 is 9.63 Å². The Kier molecular flexibility index (Phi) is 3.04. The van der Waals surface area contributed by atoms with Crippen molar-refractivity contribution in [3.05, 3.63) is 28.7 Å². The van der Waals surface area contributed by atoms with E-state index >= 15 is 0 Å². The first-order valence-corrected chi connectivity index (χ1v) is 6.61. The molecule has 3 rings (SSSR count). The average Bonchev–Trinajstić information content (AvgIpc) is 3.09. The van der Waals surface area contributed by atoms with Gasteiger partial charge in [0.15, 0.2) is 5.82 Å². The highest BCUT2D eigenvalue weighted by Crippen LogP contribution is 2.38. The summed E-state index contributed by atoms with van der Waals surface area (Å²) in [6.45, 7) is 4.05. The van der Waals surface area contributed by atoms with Crippen molar-refractivity contribution in [2.24, 2.45) is 0 Å². The number of aryl methyl sites for hydroxylation is 1. The second-order valence-corrected chi connectivity index (χ2v) is 5.20. The highest BCUT2D eigenvalue weighted by Gasteiger charge is 2.29. The molecule has 106 valence electrons. The minimum Gasteiger partial charge on any atom is -0.481 e. The maximum absolute atomic E-state index is 10.8. The number of rotatable bonds is 5. The molecular weight excluding hydrogens is 260 g/mol. The maximum Gasteiger partial charge on any atom is 0.307 e. The lowest BCUT2D eigenvalue weighted by molar-refractivity contribution is -0.136. The standard InChI is InChI=1S/C13H16N4O3/c1-7-10(5-12(18)19)8(2)17(15-7)6-11-14-13(16-20-11)9-3-4-9/h9H,3-6H2,1-2H3,(H,18,19). The van der Waals surface area contributed by atoms with Crippen molar-refractivity contribution in [1.82, 2.24) is 19.9 Å². The Bertz CT molecular complexity index is 655. The highest BCUT2D eigenvalue weighted by atomic mass is 16.5. The third-order valence-electron chi connectivity index (χ3n) is 3.57. The largest absolute Gasteiger partial charge is 0.481 e. The number of carboxylic acids is 1. The maximum atomic E-state index is 10.8. The molecule has 1 aliphatic rings. The molecular formula is C13H16N4O3. The fourth-order valence-corrected chi connectivity index (χ4v) is 2.26. The number of hydrogen-bond acceptors (Lipinski definition) is 5. The van der Waals surface area contributed by atoms with E-state index in [9.17, 15) is 4.79 Å². The Morgan fingerprint density at radius 3 is 2.85 bits per heavy atom. The molecule has 0 aliphatic heterocycles. The molecule has 0 aromatic carbocycles. The normalized spacial score (nSPS) is 14.7. The quantitative estimate of drug-likeness (QED) is 0.888. The van der Waals surface area contributed by atoms with E-state index in [1.54, 1.807) is 4.68 Å². The Morgan fingerprint density at radius 2 is 2.20 bits per heavy atom. The molecule has 0 unspecified atom stereocenters. The van der Waals surface area contributed by atoms with Crippen LogP contribution < -0.4 is 0 Å². The zero-order chi connectivity index (χ0) is 14.3. The lowest BCUT2D eigenvalue weighted by atomic mass is 10.1. The zero-order valence-corrected chi connectivity index (χ0v) is 11.5. The van der Waals surface area contributed by atoms with E-state index in [4.69, 9.17) is 9.63 Å². The summed E-state index contributed by atoms with van der Waals surface area (Å²) in [7, 11) is 0. The molecule has 2 aromatic rings. The van der Waals surface area contributed by atoms with E-state index in [-0.39, 0.29) is 6.42 Å². The van der Waals surface area contributed by atoms with Gasteiger partial charge in [-0.05, 0) is 26.7 Å². The molecule has 0 amide bonds. The Hall–Kier alpha value is -2.18. The van der Waals surface area contributed by atoms with Gasteiger partial charge in [-0.3, -0.25) is 9.48 Å². The number of carboxylic acid groups (broad SMARTS) is 1. The Labute approximate surface area is 115 Å². The molecule has 0 bridgehead atoms. The van der Waals surface area contributed by atoms with Crippen LogP contribution in [0.25, 0.3) is 0 Å². The van der Waals surface area contributed by atoms with Crippen LogP contribution in [0.4, 0.5) is 0 Å². The summed E-state index contributed by atoms with van der Waals surface area (Å²) in [6.07, 6.45) is 2.23. The van der Waals surface area contributed by atoms with Crippen LogP contribution in [-0.4, -0.2) is 31.0 Å². The van der Waals surface area contributed by atoms with Crippen molar-refractivity contribution in [2.75, 3.05) is 0 Å². The first kappa shape index (κ1) is 12.8. The SMILES string of the molecule is Cc1nn(Cc2nc(C3CC3)no2)c(C)c1CC(=O)O. The molecule has 7 heteroatoms. The molecule has 2 aromatic heterocycles. The molecule has 1 aliphatic carbocycles. The van der Waals surface area contributed by atoms with Gasteiger partial charge in [0.25, 0.3) is 0 Å². The van der Waals surface area contributed by atoms with Crippen molar-refractivity contribution in [1.29, 1.82) is 0 Å². The van der Waals surface area contributed by atoms with E-state index in [2.05, 4.69) is 15.2 Å². The van der Waals surface area contributed by atoms with Gasteiger partial charge in [-0.2, -0.15) is 10.1 Å². The topological polar surface area (TPSA) is 94.0 Å². The van der Waals surface area contributed by atoms with Crippen molar-refractivity contribution < 1.29 is 14.4 Å². The molecule has 1 fully saturated rings. The first-order valence-electron chi connectivity index (χ1n) is 6.61. The van der Waals surface area contributed by atoms with Gasteiger partial charge >= 0.3 is 5.97 Å². The Balaban J connectivity index is 1.80. The molecule has 2 heterocycles. The molecule has 0 spiro atoms. The van der Waals surface area contributed by atoms with Crippen LogP contribution >= 0.6 is 0 Å². The molecule has 1 N–H and O–H groups in total. The van der Waals surface area contributed by atoms with E-state index < -0.39 is 5.97 Å². The van der Waals surface area contributed by atoms with Gasteiger partial charge in [-0.15, -0.1) is 0 Å². The van der Waals surface area contributed by atoms with Gasteiger partial charge in [-0.1, -0.05) is 5.16 Å². The van der Waals surface area contributed by atoms with Crippen molar-refractivity contribution >= 4 is 5.97 Å². The monoisotopic (exact) mass is 276 g/mol. The number of nitrogens with zero attached hydrogens (tertiary/aromatic N) is 4. The molecule has 0 saturated heterocycles. The van der Waals surface area contributed by atoms with E-state index in [0.717, 1.165) is 35.6 Å². The third kappa shape index (κ3) is 2.43. The second-order valence-electron chi connectivity index (χ2n) is 5.20. The van der Waals surface area contributed by atoms with Crippen molar-refractivity contribution in [3.63, 3.8) is 0 Å². The summed E-state index contributed by atoms with van der Waals surface area (Å²) >= 11 is 0. The zero-order valence-electron chi connectivity index (χ0n) is 11.5. The lowest BCUT2D eigenvalue weighted by Crippen LogP contribution is -2.06. The predicted octanol–water partition coefficient (Wildman–Crippen LogP) is 1.44. The van der Waals surface area contributed by atoms with E-state index in [1.807, 2.05) is 13.8 Å². The summed E-state index contributed by atoms with van der Waals surface area (Å²) in [4.78, 5) is 15.2.